The lowest BCUT2D eigenvalue weighted by Gasteiger charge is -2.35. The van der Waals surface area contributed by atoms with Crippen molar-refractivity contribution in [1.82, 2.24) is 4.90 Å². The number of nitrogens with zero attached hydrogens (tertiary/aromatic N) is 1. The van der Waals surface area contributed by atoms with Crippen molar-refractivity contribution in [3.8, 4) is 0 Å². The van der Waals surface area contributed by atoms with E-state index in [0.29, 0.717) is 17.6 Å². The third kappa shape index (κ3) is 2.50. The molecule has 3 rings (SSSR count). The molecular formula is C15H18FNO2. The largest absolute Gasteiger partial charge is 0.459 e. The lowest BCUT2D eigenvalue weighted by atomic mass is 10.0. The minimum absolute atomic E-state index is 0.00579. The smallest absolute Gasteiger partial charge is 0.338 e. The summed E-state index contributed by atoms with van der Waals surface area (Å²) in [6, 6.07) is 6.61. The highest BCUT2D eigenvalue weighted by Gasteiger charge is 2.39. The Kier molecular flexibility index (Phi) is 3.27. The third-order valence-corrected chi connectivity index (χ3v) is 4.41. The molecule has 19 heavy (non-hydrogen) atoms. The topological polar surface area (TPSA) is 29.5 Å². The average Bonchev–Trinajstić information content (AvgIpc) is 2.63. The van der Waals surface area contributed by atoms with Gasteiger partial charge >= 0.3 is 5.97 Å². The summed E-state index contributed by atoms with van der Waals surface area (Å²) in [5.74, 6) is -0.678. The van der Waals surface area contributed by atoms with Gasteiger partial charge in [0.1, 0.15) is 11.9 Å². The van der Waals surface area contributed by atoms with E-state index >= 15 is 0 Å². The number of fused-ring (bicyclic) bond motifs is 2. The molecule has 1 unspecified atom stereocenters. The lowest BCUT2D eigenvalue weighted by Crippen LogP contribution is -2.43. The van der Waals surface area contributed by atoms with E-state index in [1.807, 2.05) is 0 Å². The average molecular weight is 263 g/mol. The number of esters is 1. The van der Waals surface area contributed by atoms with Crippen LogP contribution in [0.5, 0.6) is 0 Å². The second-order valence-electron chi connectivity index (χ2n) is 5.56. The maximum atomic E-state index is 12.8. The minimum Gasteiger partial charge on any atom is -0.459 e. The SMILES string of the molecule is CN1[C@@H]2CC[C@H]1CC(OC(=O)c1ccc(F)cc1)C2. The first kappa shape index (κ1) is 12.6. The van der Waals surface area contributed by atoms with Gasteiger partial charge in [0.2, 0.25) is 0 Å². The van der Waals surface area contributed by atoms with E-state index in [1.54, 1.807) is 0 Å². The van der Waals surface area contributed by atoms with Crippen LogP contribution in [0, 0.1) is 5.82 Å². The van der Waals surface area contributed by atoms with Gasteiger partial charge in [-0.1, -0.05) is 0 Å². The Morgan fingerprint density at radius 1 is 1.21 bits per heavy atom. The molecule has 1 aromatic rings. The van der Waals surface area contributed by atoms with E-state index < -0.39 is 0 Å². The van der Waals surface area contributed by atoms with Crippen LogP contribution in [0.3, 0.4) is 0 Å². The van der Waals surface area contributed by atoms with E-state index in [4.69, 9.17) is 4.74 Å². The molecule has 2 saturated heterocycles. The van der Waals surface area contributed by atoms with Crippen molar-refractivity contribution >= 4 is 5.97 Å². The van der Waals surface area contributed by atoms with Gasteiger partial charge in [0, 0.05) is 24.9 Å². The molecule has 1 aromatic carbocycles. The molecule has 3 atom stereocenters. The second kappa shape index (κ2) is 4.93. The first-order valence-corrected chi connectivity index (χ1v) is 6.82. The standard InChI is InChI=1S/C15H18FNO2/c1-17-12-6-7-13(17)9-14(8-12)19-15(18)10-2-4-11(16)5-3-10/h2-5,12-14H,6-9H2,1H3/t12-,13+,14?. The van der Waals surface area contributed by atoms with Crippen LogP contribution in [0.2, 0.25) is 0 Å². The molecule has 102 valence electrons. The lowest BCUT2D eigenvalue weighted by molar-refractivity contribution is -0.000451. The Labute approximate surface area is 112 Å². The number of halogens is 1. The van der Waals surface area contributed by atoms with Crippen molar-refractivity contribution in [2.75, 3.05) is 7.05 Å². The fraction of sp³-hybridized carbons (Fsp3) is 0.533. The van der Waals surface area contributed by atoms with Gasteiger partial charge in [0.25, 0.3) is 0 Å². The van der Waals surface area contributed by atoms with Gasteiger partial charge in [0.15, 0.2) is 0 Å². The fourth-order valence-corrected chi connectivity index (χ4v) is 3.26. The Bertz CT molecular complexity index is 460. The molecule has 3 nitrogen and oxygen atoms in total. The molecule has 0 amide bonds. The van der Waals surface area contributed by atoms with Crippen molar-refractivity contribution in [1.29, 1.82) is 0 Å². The van der Waals surface area contributed by atoms with Gasteiger partial charge < -0.3 is 9.64 Å². The normalized spacial score (nSPS) is 30.3. The molecule has 0 aromatic heterocycles. The highest BCUT2D eigenvalue weighted by molar-refractivity contribution is 5.89. The summed E-state index contributed by atoms with van der Waals surface area (Å²) in [7, 11) is 2.15. The fourth-order valence-electron chi connectivity index (χ4n) is 3.26. The molecule has 2 fully saturated rings. The maximum absolute atomic E-state index is 12.8. The van der Waals surface area contributed by atoms with Crippen molar-refractivity contribution in [3.63, 3.8) is 0 Å². The Balaban J connectivity index is 1.63. The number of piperidine rings is 1. The van der Waals surface area contributed by atoms with Gasteiger partial charge in [-0.15, -0.1) is 0 Å². The molecular weight excluding hydrogens is 245 g/mol. The zero-order chi connectivity index (χ0) is 13.4. The zero-order valence-corrected chi connectivity index (χ0v) is 11.0. The number of carbonyl (C=O) groups excluding carboxylic acids is 1. The van der Waals surface area contributed by atoms with Crippen LogP contribution in [0.1, 0.15) is 36.0 Å². The number of hydrogen-bond acceptors (Lipinski definition) is 3. The van der Waals surface area contributed by atoms with Crippen molar-refractivity contribution in [2.45, 2.75) is 43.9 Å². The Morgan fingerprint density at radius 2 is 1.79 bits per heavy atom. The maximum Gasteiger partial charge on any atom is 0.338 e. The molecule has 2 aliphatic rings. The number of rotatable bonds is 2. The van der Waals surface area contributed by atoms with Crippen molar-refractivity contribution in [2.24, 2.45) is 0 Å². The summed E-state index contributed by atoms with van der Waals surface area (Å²) in [6.07, 6.45) is 4.24. The Hall–Kier alpha value is -1.42. The summed E-state index contributed by atoms with van der Waals surface area (Å²) in [6.45, 7) is 0. The molecule has 0 saturated carbocycles. The number of carbonyl (C=O) groups is 1. The summed E-state index contributed by atoms with van der Waals surface area (Å²) < 4.78 is 18.4. The first-order valence-electron chi connectivity index (χ1n) is 6.82. The van der Waals surface area contributed by atoms with E-state index in [0.717, 1.165) is 12.8 Å². The third-order valence-electron chi connectivity index (χ3n) is 4.41. The van der Waals surface area contributed by atoms with Crippen LogP contribution in [0.4, 0.5) is 4.39 Å². The molecule has 2 bridgehead atoms. The van der Waals surface area contributed by atoms with E-state index in [-0.39, 0.29) is 17.9 Å². The Morgan fingerprint density at radius 3 is 2.37 bits per heavy atom. The van der Waals surface area contributed by atoms with Crippen LogP contribution >= 0.6 is 0 Å². The quantitative estimate of drug-likeness (QED) is 0.768. The van der Waals surface area contributed by atoms with Crippen LogP contribution in [0.15, 0.2) is 24.3 Å². The zero-order valence-electron chi connectivity index (χ0n) is 11.0. The predicted octanol–water partition coefficient (Wildman–Crippen LogP) is 2.61. The van der Waals surface area contributed by atoms with Crippen LogP contribution in [-0.4, -0.2) is 36.1 Å². The van der Waals surface area contributed by atoms with Gasteiger partial charge in [-0.3, -0.25) is 0 Å². The predicted molar refractivity (Wildman–Crippen MR) is 69.4 cm³/mol. The monoisotopic (exact) mass is 263 g/mol. The molecule has 0 N–H and O–H groups in total. The number of hydrogen-bond donors (Lipinski definition) is 0. The second-order valence-corrected chi connectivity index (χ2v) is 5.56. The van der Waals surface area contributed by atoms with Crippen LogP contribution < -0.4 is 0 Å². The highest BCUT2D eigenvalue weighted by Crippen LogP contribution is 2.35. The highest BCUT2D eigenvalue weighted by atomic mass is 19.1. The van der Waals surface area contributed by atoms with Crippen molar-refractivity contribution < 1.29 is 13.9 Å². The molecule has 0 aliphatic carbocycles. The van der Waals surface area contributed by atoms with Gasteiger partial charge in [0.05, 0.1) is 5.56 Å². The molecule has 0 radical (unpaired) electrons. The first-order chi connectivity index (χ1) is 9.13. The molecule has 2 heterocycles. The van der Waals surface area contributed by atoms with Gasteiger partial charge in [-0.25, -0.2) is 9.18 Å². The van der Waals surface area contributed by atoms with Crippen LogP contribution in [-0.2, 0) is 4.74 Å². The molecule has 2 aliphatic heterocycles. The van der Waals surface area contributed by atoms with E-state index in [9.17, 15) is 9.18 Å². The summed E-state index contributed by atoms with van der Waals surface area (Å²) in [5.41, 5.74) is 0.424. The van der Waals surface area contributed by atoms with Crippen molar-refractivity contribution in [3.05, 3.63) is 35.6 Å². The molecule has 4 heteroatoms. The summed E-state index contributed by atoms with van der Waals surface area (Å²) in [4.78, 5) is 14.4. The van der Waals surface area contributed by atoms with Gasteiger partial charge in [-0.05, 0) is 44.2 Å². The van der Waals surface area contributed by atoms with Crippen LogP contribution in [0.25, 0.3) is 0 Å². The molecule has 0 spiro atoms. The minimum atomic E-state index is -0.339. The summed E-state index contributed by atoms with van der Waals surface area (Å²) >= 11 is 0. The summed E-state index contributed by atoms with van der Waals surface area (Å²) in [5, 5.41) is 0. The van der Waals surface area contributed by atoms with E-state index in [2.05, 4.69) is 11.9 Å². The number of benzene rings is 1. The van der Waals surface area contributed by atoms with E-state index in [1.165, 1.54) is 37.1 Å². The number of ether oxygens (including phenoxy) is 1. The van der Waals surface area contributed by atoms with Gasteiger partial charge in [-0.2, -0.15) is 0 Å².